The van der Waals surface area contributed by atoms with Gasteiger partial charge in [-0.25, -0.2) is 0 Å². The van der Waals surface area contributed by atoms with E-state index in [1.807, 2.05) is 12.1 Å². The molecule has 5 heteroatoms. The largest absolute Gasteiger partial charge is 0.468 e. The summed E-state index contributed by atoms with van der Waals surface area (Å²) >= 11 is 0. The minimum Gasteiger partial charge on any atom is -0.468 e. The minimum atomic E-state index is 0.0910. The van der Waals surface area contributed by atoms with E-state index in [2.05, 4.69) is 10.2 Å². The van der Waals surface area contributed by atoms with E-state index in [-0.39, 0.29) is 18.1 Å². The molecule has 0 bridgehead atoms. The summed E-state index contributed by atoms with van der Waals surface area (Å²) in [6, 6.07) is 4.08. The number of likely N-dealkylation sites (tertiary alicyclic amines) is 1. The number of furan rings is 1. The first-order valence-corrected chi connectivity index (χ1v) is 9.48. The van der Waals surface area contributed by atoms with Crippen LogP contribution in [0.3, 0.4) is 0 Å². The third-order valence-electron chi connectivity index (χ3n) is 5.13. The first kappa shape index (κ1) is 17.5. The van der Waals surface area contributed by atoms with Gasteiger partial charge in [0.05, 0.1) is 24.8 Å². The van der Waals surface area contributed by atoms with Gasteiger partial charge in [-0.1, -0.05) is 12.8 Å². The highest BCUT2D eigenvalue weighted by molar-refractivity contribution is 5.76. The number of rotatable bonds is 6. The summed E-state index contributed by atoms with van der Waals surface area (Å²) in [4.78, 5) is 14.8. The van der Waals surface area contributed by atoms with Crippen LogP contribution in [0.1, 0.15) is 63.2 Å². The third-order valence-corrected chi connectivity index (χ3v) is 5.13. The molecule has 0 saturated carbocycles. The molecule has 1 aromatic rings. The Labute approximate surface area is 144 Å². The lowest BCUT2D eigenvalue weighted by Gasteiger charge is -2.29. The number of ether oxygens (including phenoxy) is 1. The molecule has 0 aliphatic carbocycles. The van der Waals surface area contributed by atoms with Crippen molar-refractivity contribution < 1.29 is 13.9 Å². The topological polar surface area (TPSA) is 54.7 Å². The molecule has 0 aromatic carbocycles. The van der Waals surface area contributed by atoms with E-state index in [1.54, 1.807) is 6.26 Å². The van der Waals surface area contributed by atoms with Gasteiger partial charge in [0.1, 0.15) is 5.76 Å². The van der Waals surface area contributed by atoms with Crippen molar-refractivity contribution in [2.24, 2.45) is 0 Å². The van der Waals surface area contributed by atoms with Gasteiger partial charge in [0.2, 0.25) is 5.91 Å². The zero-order valence-electron chi connectivity index (χ0n) is 14.5. The van der Waals surface area contributed by atoms with Crippen molar-refractivity contribution >= 4 is 5.91 Å². The van der Waals surface area contributed by atoms with E-state index in [0.717, 1.165) is 38.3 Å². The molecule has 1 N–H and O–H groups in total. The number of carbonyl (C=O) groups is 1. The Hall–Kier alpha value is -1.33. The summed E-state index contributed by atoms with van der Waals surface area (Å²) in [5, 5.41) is 3.12. The maximum absolute atomic E-state index is 12.3. The van der Waals surface area contributed by atoms with Crippen molar-refractivity contribution in [3.05, 3.63) is 24.2 Å². The van der Waals surface area contributed by atoms with Gasteiger partial charge in [-0.05, 0) is 57.3 Å². The molecular weight excluding hydrogens is 304 g/mol. The second kappa shape index (κ2) is 9.23. The molecule has 0 spiro atoms. The van der Waals surface area contributed by atoms with E-state index >= 15 is 0 Å². The second-order valence-corrected chi connectivity index (χ2v) is 6.98. The first-order chi connectivity index (χ1) is 11.8. The van der Waals surface area contributed by atoms with E-state index in [9.17, 15) is 4.79 Å². The van der Waals surface area contributed by atoms with Crippen LogP contribution < -0.4 is 5.32 Å². The second-order valence-electron chi connectivity index (χ2n) is 6.98. The van der Waals surface area contributed by atoms with E-state index in [1.165, 1.54) is 32.1 Å². The fourth-order valence-corrected chi connectivity index (χ4v) is 3.76. The molecule has 5 nitrogen and oxygen atoms in total. The van der Waals surface area contributed by atoms with Gasteiger partial charge >= 0.3 is 0 Å². The van der Waals surface area contributed by atoms with Crippen LogP contribution in [0.15, 0.2) is 22.8 Å². The van der Waals surface area contributed by atoms with Gasteiger partial charge < -0.3 is 14.5 Å². The minimum absolute atomic E-state index is 0.0910. The number of hydrogen-bond donors (Lipinski definition) is 1. The Bertz CT molecular complexity index is 475. The van der Waals surface area contributed by atoms with Crippen LogP contribution in [0.2, 0.25) is 0 Å². The lowest BCUT2D eigenvalue weighted by molar-refractivity contribution is -0.125. The molecule has 2 unspecified atom stereocenters. The number of nitrogens with one attached hydrogen (secondary N) is 1. The van der Waals surface area contributed by atoms with Crippen molar-refractivity contribution in [1.82, 2.24) is 10.2 Å². The standard InChI is InChI=1S/C19H30N2O3/c22-19(14-16-8-3-6-12-23-16)20-15-17(18-9-7-13-24-18)21-10-4-1-2-5-11-21/h7,9,13,16-17H,1-6,8,10-12,14-15H2,(H,20,22). The van der Waals surface area contributed by atoms with Gasteiger partial charge in [-0.3, -0.25) is 9.69 Å². The van der Waals surface area contributed by atoms with Gasteiger partial charge in [0, 0.05) is 13.2 Å². The number of hydrogen-bond acceptors (Lipinski definition) is 4. The molecule has 3 rings (SSSR count). The molecular formula is C19H30N2O3. The summed E-state index contributed by atoms with van der Waals surface area (Å²) in [6.07, 6.45) is 10.6. The molecule has 2 saturated heterocycles. The zero-order chi connectivity index (χ0) is 16.6. The normalized spacial score (nSPS) is 24.2. The monoisotopic (exact) mass is 334 g/mol. The highest BCUT2D eigenvalue weighted by atomic mass is 16.5. The van der Waals surface area contributed by atoms with Crippen molar-refractivity contribution in [2.75, 3.05) is 26.2 Å². The molecule has 0 radical (unpaired) electrons. The Morgan fingerprint density at radius 1 is 1.21 bits per heavy atom. The first-order valence-electron chi connectivity index (χ1n) is 9.48. The quantitative estimate of drug-likeness (QED) is 0.867. The molecule has 3 heterocycles. The van der Waals surface area contributed by atoms with Crippen LogP contribution in [0.4, 0.5) is 0 Å². The predicted octanol–water partition coefficient (Wildman–Crippen LogP) is 3.27. The average molecular weight is 334 g/mol. The van der Waals surface area contributed by atoms with Crippen molar-refractivity contribution in [1.29, 1.82) is 0 Å². The lowest BCUT2D eigenvalue weighted by Crippen LogP contribution is -2.39. The Balaban J connectivity index is 1.54. The molecule has 24 heavy (non-hydrogen) atoms. The van der Waals surface area contributed by atoms with Gasteiger partial charge in [0.25, 0.3) is 0 Å². The van der Waals surface area contributed by atoms with Crippen LogP contribution in [-0.2, 0) is 9.53 Å². The predicted molar refractivity (Wildman–Crippen MR) is 92.7 cm³/mol. The third kappa shape index (κ3) is 5.08. The average Bonchev–Trinajstić information content (AvgIpc) is 2.99. The van der Waals surface area contributed by atoms with Crippen molar-refractivity contribution in [3.63, 3.8) is 0 Å². The van der Waals surface area contributed by atoms with E-state index in [0.29, 0.717) is 13.0 Å². The highest BCUT2D eigenvalue weighted by Crippen LogP contribution is 2.24. The van der Waals surface area contributed by atoms with Gasteiger partial charge in [-0.2, -0.15) is 0 Å². The van der Waals surface area contributed by atoms with Crippen LogP contribution in [0.25, 0.3) is 0 Å². The fourth-order valence-electron chi connectivity index (χ4n) is 3.76. The fraction of sp³-hybridized carbons (Fsp3) is 0.737. The van der Waals surface area contributed by atoms with Crippen LogP contribution in [0, 0.1) is 0 Å². The van der Waals surface area contributed by atoms with E-state index in [4.69, 9.17) is 9.15 Å². The highest BCUT2D eigenvalue weighted by Gasteiger charge is 2.25. The zero-order valence-corrected chi connectivity index (χ0v) is 14.5. The number of nitrogens with zero attached hydrogens (tertiary/aromatic N) is 1. The molecule has 1 amide bonds. The van der Waals surface area contributed by atoms with Crippen molar-refractivity contribution in [2.45, 2.75) is 63.5 Å². The summed E-state index contributed by atoms with van der Waals surface area (Å²) < 4.78 is 11.3. The molecule has 2 aliphatic heterocycles. The SMILES string of the molecule is O=C(CC1CCCCO1)NCC(c1ccco1)N1CCCCCC1. The maximum Gasteiger partial charge on any atom is 0.222 e. The Kier molecular flexibility index (Phi) is 6.73. The van der Waals surface area contributed by atoms with Gasteiger partial charge in [0.15, 0.2) is 0 Å². The number of amides is 1. The summed E-state index contributed by atoms with van der Waals surface area (Å²) in [5.74, 6) is 1.04. The molecule has 2 fully saturated rings. The summed E-state index contributed by atoms with van der Waals surface area (Å²) in [5.41, 5.74) is 0. The number of carbonyl (C=O) groups excluding carboxylic acids is 1. The Morgan fingerprint density at radius 3 is 2.71 bits per heavy atom. The van der Waals surface area contributed by atoms with Crippen LogP contribution in [-0.4, -0.2) is 43.2 Å². The smallest absolute Gasteiger partial charge is 0.222 e. The summed E-state index contributed by atoms with van der Waals surface area (Å²) in [7, 11) is 0. The summed E-state index contributed by atoms with van der Waals surface area (Å²) in [6.45, 7) is 3.56. The molecule has 2 atom stereocenters. The molecule has 134 valence electrons. The lowest BCUT2D eigenvalue weighted by atomic mass is 10.1. The van der Waals surface area contributed by atoms with Crippen molar-refractivity contribution in [3.8, 4) is 0 Å². The molecule has 1 aromatic heterocycles. The van der Waals surface area contributed by atoms with Crippen LogP contribution >= 0.6 is 0 Å². The van der Waals surface area contributed by atoms with Crippen LogP contribution in [0.5, 0.6) is 0 Å². The molecule has 2 aliphatic rings. The Morgan fingerprint density at radius 2 is 2.04 bits per heavy atom. The maximum atomic E-state index is 12.3. The van der Waals surface area contributed by atoms with Gasteiger partial charge in [-0.15, -0.1) is 0 Å². The van der Waals surface area contributed by atoms with E-state index < -0.39 is 0 Å².